The lowest BCUT2D eigenvalue weighted by molar-refractivity contribution is 0.286. The minimum absolute atomic E-state index is 0.620. The van der Waals surface area contributed by atoms with Gasteiger partial charge in [0, 0.05) is 6.04 Å². The molecule has 0 amide bonds. The van der Waals surface area contributed by atoms with Crippen molar-refractivity contribution in [1.82, 2.24) is 5.32 Å². The van der Waals surface area contributed by atoms with Gasteiger partial charge < -0.3 is 5.32 Å². The van der Waals surface area contributed by atoms with Crippen molar-refractivity contribution in [3.63, 3.8) is 0 Å². The predicted octanol–water partition coefficient (Wildman–Crippen LogP) is 3.84. The summed E-state index contributed by atoms with van der Waals surface area (Å²) in [7, 11) is 0. The maximum atomic E-state index is 3.82. The summed E-state index contributed by atoms with van der Waals surface area (Å²) in [4.78, 5) is 0. The fourth-order valence-electron chi connectivity index (χ4n) is 3.14. The Morgan fingerprint density at radius 2 is 1.88 bits per heavy atom. The van der Waals surface area contributed by atoms with Crippen molar-refractivity contribution in [2.24, 2.45) is 5.92 Å². The van der Waals surface area contributed by atoms with E-state index in [0.717, 1.165) is 5.92 Å². The zero-order chi connectivity index (χ0) is 11.5. The molecule has 0 bridgehead atoms. The third-order valence-corrected chi connectivity index (χ3v) is 4.50. The second-order valence-electron chi connectivity index (χ2n) is 5.70. The average molecular weight is 229 g/mol. The normalized spacial score (nSPS) is 24.8. The van der Waals surface area contributed by atoms with Crippen LogP contribution in [0.4, 0.5) is 0 Å². The van der Waals surface area contributed by atoms with Crippen molar-refractivity contribution in [3.8, 4) is 0 Å². The maximum Gasteiger partial charge on any atom is 0.0323 e. The minimum atomic E-state index is 0.620. The molecular formula is C16H23N. The zero-order valence-electron chi connectivity index (χ0n) is 10.6. The first-order valence-electron chi connectivity index (χ1n) is 7.24. The summed E-state index contributed by atoms with van der Waals surface area (Å²) < 4.78 is 0. The molecule has 92 valence electrons. The SMILES string of the molecule is c1ccc2c(c1)CCCCC2NCC1CCC1. The Hall–Kier alpha value is -0.820. The van der Waals surface area contributed by atoms with E-state index < -0.39 is 0 Å². The Bertz CT molecular complexity index is 368. The van der Waals surface area contributed by atoms with Crippen LogP contribution in [0.1, 0.15) is 55.7 Å². The summed E-state index contributed by atoms with van der Waals surface area (Å²) in [6, 6.07) is 9.65. The van der Waals surface area contributed by atoms with Gasteiger partial charge in [-0.15, -0.1) is 0 Å². The van der Waals surface area contributed by atoms with Crippen molar-refractivity contribution >= 4 is 0 Å². The molecule has 0 aliphatic heterocycles. The van der Waals surface area contributed by atoms with E-state index in [1.165, 1.54) is 51.5 Å². The van der Waals surface area contributed by atoms with Crippen LogP contribution in [0, 0.1) is 5.92 Å². The highest BCUT2D eigenvalue weighted by Crippen LogP contribution is 2.30. The van der Waals surface area contributed by atoms with Crippen LogP contribution in [0.3, 0.4) is 0 Å². The number of aryl methyl sites for hydroxylation is 1. The van der Waals surface area contributed by atoms with Crippen LogP contribution in [0.2, 0.25) is 0 Å². The number of fused-ring (bicyclic) bond motifs is 1. The second-order valence-corrected chi connectivity index (χ2v) is 5.70. The molecule has 2 aliphatic rings. The van der Waals surface area contributed by atoms with E-state index in [2.05, 4.69) is 29.6 Å². The molecule has 0 aromatic heterocycles. The first-order chi connectivity index (χ1) is 8.43. The highest BCUT2D eigenvalue weighted by Gasteiger charge is 2.21. The first kappa shape index (κ1) is 11.3. The van der Waals surface area contributed by atoms with Crippen LogP contribution < -0.4 is 5.32 Å². The van der Waals surface area contributed by atoms with E-state index in [9.17, 15) is 0 Å². The van der Waals surface area contributed by atoms with Crippen LogP contribution in [0.5, 0.6) is 0 Å². The summed E-state index contributed by atoms with van der Waals surface area (Å²) in [6.45, 7) is 1.24. The summed E-state index contributed by atoms with van der Waals surface area (Å²) in [5.41, 5.74) is 3.15. The van der Waals surface area contributed by atoms with Crippen LogP contribution in [-0.2, 0) is 6.42 Å². The summed E-state index contributed by atoms with van der Waals surface area (Å²) >= 11 is 0. The maximum absolute atomic E-state index is 3.82. The highest BCUT2D eigenvalue weighted by molar-refractivity contribution is 5.31. The van der Waals surface area contributed by atoms with Gasteiger partial charge in [0.15, 0.2) is 0 Å². The van der Waals surface area contributed by atoms with E-state index in [4.69, 9.17) is 0 Å². The minimum Gasteiger partial charge on any atom is -0.310 e. The van der Waals surface area contributed by atoms with E-state index in [1.807, 2.05) is 0 Å². The van der Waals surface area contributed by atoms with E-state index in [0.29, 0.717) is 6.04 Å². The van der Waals surface area contributed by atoms with Gasteiger partial charge in [-0.3, -0.25) is 0 Å². The molecule has 1 nitrogen and oxygen atoms in total. The zero-order valence-corrected chi connectivity index (χ0v) is 10.6. The Morgan fingerprint density at radius 1 is 1.00 bits per heavy atom. The number of hydrogen-bond donors (Lipinski definition) is 1. The van der Waals surface area contributed by atoms with Crippen LogP contribution in [-0.4, -0.2) is 6.54 Å². The van der Waals surface area contributed by atoms with Gasteiger partial charge in [-0.05, 0) is 55.7 Å². The molecule has 1 N–H and O–H groups in total. The largest absolute Gasteiger partial charge is 0.310 e. The Morgan fingerprint density at radius 3 is 2.71 bits per heavy atom. The predicted molar refractivity (Wildman–Crippen MR) is 72.1 cm³/mol. The van der Waals surface area contributed by atoms with Gasteiger partial charge in [0.25, 0.3) is 0 Å². The smallest absolute Gasteiger partial charge is 0.0323 e. The molecule has 1 aromatic rings. The van der Waals surface area contributed by atoms with E-state index >= 15 is 0 Å². The molecule has 1 unspecified atom stereocenters. The molecule has 1 aromatic carbocycles. The monoisotopic (exact) mass is 229 g/mol. The third kappa shape index (κ3) is 2.55. The second kappa shape index (κ2) is 5.22. The van der Waals surface area contributed by atoms with Gasteiger partial charge >= 0.3 is 0 Å². The van der Waals surface area contributed by atoms with Crippen molar-refractivity contribution in [2.45, 2.75) is 51.0 Å². The molecular weight excluding hydrogens is 206 g/mol. The molecule has 0 heterocycles. The van der Waals surface area contributed by atoms with Gasteiger partial charge in [-0.2, -0.15) is 0 Å². The lowest BCUT2D eigenvalue weighted by atomic mass is 9.85. The van der Waals surface area contributed by atoms with E-state index in [1.54, 1.807) is 11.1 Å². The number of hydrogen-bond acceptors (Lipinski definition) is 1. The van der Waals surface area contributed by atoms with Gasteiger partial charge in [0.05, 0.1) is 0 Å². The summed E-state index contributed by atoms with van der Waals surface area (Å²) in [5.74, 6) is 0.963. The Labute approximate surface area is 105 Å². The Kier molecular flexibility index (Phi) is 3.46. The van der Waals surface area contributed by atoms with Gasteiger partial charge in [0.1, 0.15) is 0 Å². The average Bonchev–Trinajstić information content (AvgIpc) is 2.50. The quantitative estimate of drug-likeness (QED) is 0.776. The molecule has 0 saturated heterocycles. The van der Waals surface area contributed by atoms with Crippen LogP contribution >= 0.6 is 0 Å². The van der Waals surface area contributed by atoms with Crippen LogP contribution in [0.25, 0.3) is 0 Å². The first-order valence-corrected chi connectivity index (χ1v) is 7.24. The molecule has 3 rings (SSSR count). The number of nitrogens with one attached hydrogen (secondary N) is 1. The summed E-state index contributed by atoms with van der Waals surface area (Å²) in [5, 5.41) is 3.82. The standard InChI is InChI=1S/C16H23N/c1-3-10-15-14(8-1)9-2-4-11-16(15)17-12-13-6-5-7-13/h1,3,8,10,13,16-17H,2,4-7,9,11-12H2. The Balaban J connectivity index is 1.69. The lowest BCUT2D eigenvalue weighted by Crippen LogP contribution is -2.30. The van der Waals surface area contributed by atoms with Crippen molar-refractivity contribution in [1.29, 1.82) is 0 Å². The highest BCUT2D eigenvalue weighted by atomic mass is 14.9. The molecule has 2 aliphatic carbocycles. The van der Waals surface area contributed by atoms with E-state index in [-0.39, 0.29) is 0 Å². The van der Waals surface area contributed by atoms with Gasteiger partial charge in [0.2, 0.25) is 0 Å². The van der Waals surface area contributed by atoms with Crippen molar-refractivity contribution in [2.75, 3.05) is 6.54 Å². The molecule has 1 heteroatoms. The molecule has 17 heavy (non-hydrogen) atoms. The van der Waals surface area contributed by atoms with Crippen molar-refractivity contribution in [3.05, 3.63) is 35.4 Å². The molecule has 0 spiro atoms. The fraction of sp³-hybridized carbons (Fsp3) is 0.625. The van der Waals surface area contributed by atoms with Crippen molar-refractivity contribution < 1.29 is 0 Å². The molecule has 1 fully saturated rings. The topological polar surface area (TPSA) is 12.0 Å². The molecule has 1 saturated carbocycles. The fourth-order valence-corrected chi connectivity index (χ4v) is 3.14. The molecule has 1 atom stereocenters. The number of rotatable bonds is 3. The van der Waals surface area contributed by atoms with Crippen LogP contribution in [0.15, 0.2) is 24.3 Å². The number of benzene rings is 1. The van der Waals surface area contributed by atoms with Gasteiger partial charge in [-0.1, -0.05) is 37.1 Å². The summed E-state index contributed by atoms with van der Waals surface area (Å²) in [6.07, 6.45) is 9.67. The molecule has 0 radical (unpaired) electrons. The lowest BCUT2D eigenvalue weighted by Gasteiger charge is -2.28. The third-order valence-electron chi connectivity index (χ3n) is 4.50. The van der Waals surface area contributed by atoms with Gasteiger partial charge in [-0.25, -0.2) is 0 Å².